The van der Waals surface area contributed by atoms with E-state index in [1.54, 1.807) is 6.33 Å². The van der Waals surface area contributed by atoms with Crippen molar-refractivity contribution in [2.45, 2.75) is 25.7 Å². The number of aromatic amines is 1. The van der Waals surface area contributed by atoms with Gasteiger partial charge in [-0.2, -0.15) is 0 Å². The average molecular weight is 341 g/mol. The van der Waals surface area contributed by atoms with Gasteiger partial charge in [0, 0.05) is 11.9 Å². The molecular formula is C10H19Br2N3. The van der Waals surface area contributed by atoms with Gasteiger partial charge in [0.05, 0.1) is 6.33 Å². The highest BCUT2D eigenvalue weighted by molar-refractivity contribution is 8.93. The average Bonchev–Trinajstić information content (AvgIpc) is 2.69. The Morgan fingerprint density at radius 3 is 2.60 bits per heavy atom. The third kappa shape index (κ3) is 5.13. The van der Waals surface area contributed by atoms with Crippen LogP contribution in [0.15, 0.2) is 12.5 Å². The first kappa shape index (κ1) is 15.1. The summed E-state index contributed by atoms with van der Waals surface area (Å²) in [5, 5.41) is 3.39. The molecule has 0 saturated carbocycles. The molecule has 2 N–H and O–H groups in total. The van der Waals surface area contributed by atoms with Gasteiger partial charge in [0.2, 0.25) is 0 Å². The molecule has 0 aromatic carbocycles. The standard InChI is InChI=1S/C10H17N3.2BrH/c1(2-10-7-12-8-13-10)9-3-5-11-6-4-9;;/h7-9,11H,1-6H2,(H,12,13);2*1H. The molecule has 1 saturated heterocycles. The Bertz CT molecular complexity index is 233. The molecule has 1 aromatic heterocycles. The summed E-state index contributed by atoms with van der Waals surface area (Å²) in [6.07, 6.45) is 8.84. The van der Waals surface area contributed by atoms with E-state index in [9.17, 15) is 0 Å². The number of hydrogen-bond donors (Lipinski definition) is 2. The van der Waals surface area contributed by atoms with Gasteiger partial charge in [-0.15, -0.1) is 34.0 Å². The molecule has 0 radical (unpaired) electrons. The Kier molecular flexibility index (Phi) is 8.37. The summed E-state index contributed by atoms with van der Waals surface area (Å²) in [7, 11) is 0. The van der Waals surface area contributed by atoms with E-state index in [0.717, 1.165) is 12.3 Å². The van der Waals surface area contributed by atoms with Crippen molar-refractivity contribution in [3.05, 3.63) is 18.2 Å². The zero-order chi connectivity index (χ0) is 8.93. The first-order valence-corrected chi connectivity index (χ1v) is 5.13. The van der Waals surface area contributed by atoms with E-state index in [0.29, 0.717) is 0 Å². The second-order valence-corrected chi connectivity index (χ2v) is 3.81. The fourth-order valence-electron chi connectivity index (χ4n) is 1.95. The van der Waals surface area contributed by atoms with E-state index in [4.69, 9.17) is 0 Å². The number of imidazole rings is 1. The molecule has 2 heterocycles. The van der Waals surface area contributed by atoms with Gasteiger partial charge >= 0.3 is 0 Å². The molecule has 0 atom stereocenters. The maximum Gasteiger partial charge on any atom is 0.0921 e. The maximum absolute atomic E-state index is 4.02. The van der Waals surface area contributed by atoms with E-state index in [2.05, 4.69) is 15.3 Å². The van der Waals surface area contributed by atoms with Gasteiger partial charge in [0.15, 0.2) is 0 Å². The van der Waals surface area contributed by atoms with Gasteiger partial charge in [0.25, 0.3) is 0 Å². The van der Waals surface area contributed by atoms with Gasteiger partial charge in [-0.25, -0.2) is 4.98 Å². The smallest absolute Gasteiger partial charge is 0.0921 e. The van der Waals surface area contributed by atoms with Gasteiger partial charge < -0.3 is 10.3 Å². The number of nitrogens with one attached hydrogen (secondary N) is 2. The number of hydrogen-bond acceptors (Lipinski definition) is 2. The van der Waals surface area contributed by atoms with Crippen molar-refractivity contribution in [2.24, 2.45) is 5.92 Å². The Morgan fingerprint density at radius 1 is 1.27 bits per heavy atom. The molecule has 15 heavy (non-hydrogen) atoms. The zero-order valence-corrected chi connectivity index (χ0v) is 12.2. The van der Waals surface area contributed by atoms with Crippen LogP contribution in [0.4, 0.5) is 0 Å². The van der Waals surface area contributed by atoms with E-state index in [-0.39, 0.29) is 34.0 Å². The van der Waals surface area contributed by atoms with E-state index in [1.165, 1.54) is 38.0 Å². The number of rotatable bonds is 3. The van der Waals surface area contributed by atoms with Crippen molar-refractivity contribution in [3.8, 4) is 0 Å². The maximum atomic E-state index is 4.02. The Labute approximate surface area is 112 Å². The van der Waals surface area contributed by atoms with Crippen molar-refractivity contribution in [2.75, 3.05) is 13.1 Å². The molecular weight excluding hydrogens is 322 g/mol. The first-order valence-electron chi connectivity index (χ1n) is 5.13. The van der Waals surface area contributed by atoms with Crippen LogP contribution in [0.3, 0.4) is 0 Å². The van der Waals surface area contributed by atoms with Crippen molar-refractivity contribution in [1.29, 1.82) is 0 Å². The van der Waals surface area contributed by atoms with Crippen LogP contribution in [0.2, 0.25) is 0 Å². The Hall–Kier alpha value is 0.130. The summed E-state index contributed by atoms with van der Waals surface area (Å²) < 4.78 is 0. The molecule has 0 bridgehead atoms. The number of aryl methyl sites for hydroxylation is 1. The molecule has 1 aromatic rings. The van der Waals surface area contributed by atoms with Crippen LogP contribution in [0, 0.1) is 5.92 Å². The van der Waals surface area contributed by atoms with E-state index < -0.39 is 0 Å². The predicted molar refractivity (Wildman–Crippen MR) is 73.1 cm³/mol. The second kappa shape index (κ2) is 8.30. The number of nitrogens with zero attached hydrogens (tertiary/aromatic N) is 1. The normalized spacial score (nSPS) is 16.5. The van der Waals surface area contributed by atoms with Gasteiger partial charge in [-0.1, -0.05) is 0 Å². The highest BCUT2D eigenvalue weighted by Crippen LogP contribution is 2.17. The van der Waals surface area contributed by atoms with Crippen LogP contribution in [-0.2, 0) is 6.42 Å². The lowest BCUT2D eigenvalue weighted by Gasteiger charge is -2.21. The third-order valence-corrected chi connectivity index (χ3v) is 2.84. The van der Waals surface area contributed by atoms with Crippen molar-refractivity contribution < 1.29 is 0 Å². The summed E-state index contributed by atoms with van der Waals surface area (Å²) in [5.41, 5.74) is 1.28. The SMILES string of the molecule is Br.Br.c1ncc(CCC2CCNCC2)[nH]1. The van der Waals surface area contributed by atoms with Crippen molar-refractivity contribution in [1.82, 2.24) is 15.3 Å². The molecule has 2 rings (SSSR count). The number of piperidine rings is 1. The van der Waals surface area contributed by atoms with Crippen molar-refractivity contribution >= 4 is 34.0 Å². The summed E-state index contributed by atoms with van der Waals surface area (Å²) in [6, 6.07) is 0. The summed E-state index contributed by atoms with van der Waals surface area (Å²) >= 11 is 0. The fraction of sp³-hybridized carbons (Fsp3) is 0.700. The minimum absolute atomic E-state index is 0. The van der Waals surface area contributed by atoms with Gasteiger partial charge in [-0.05, 0) is 44.7 Å². The minimum Gasteiger partial charge on any atom is -0.348 e. The monoisotopic (exact) mass is 339 g/mol. The number of aromatic nitrogens is 2. The molecule has 1 aliphatic rings. The highest BCUT2D eigenvalue weighted by Gasteiger charge is 2.12. The van der Waals surface area contributed by atoms with E-state index >= 15 is 0 Å². The largest absolute Gasteiger partial charge is 0.348 e. The van der Waals surface area contributed by atoms with Crippen LogP contribution < -0.4 is 5.32 Å². The van der Waals surface area contributed by atoms with E-state index in [1.807, 2.05) is 6.20 Å². The number of halogens is 2. The van der Waals surface area contributed by atoms with Gasteiger partial charge in [0.1, 0.15) is 0 Å². The van der Waals surface area contributed by atoms with Crippen LogP contribution in [0.25, 0.3) is 0 Å². The molecule has 0 amide bonds. The summed E-state index contributed by atoms with van der Waals surface area (Å²) in [4.78, 5) is 7.17. The Morgan fingerprint density at radius 2 is 2.00 bits per heavy atom. The molecule has 88 valence electrons. The molecule has 1 fully saturated rings. The molecule has 3 nitrogen and oxygen atoms in total. The lowest BCUT2D eigenvalue weighted by atomic mass is 9.93. The minimum atomic E-state index is 0. The number of H-pyrrole nitrogens is 1. The fourth-order valence-corrected chi connectivity index (χ4v) is 1.95. The highest BCUT2D eigenvalue weighted by atomic mass is 79.9. The van der Waals surface area contributed by atoms with Gasteiger partial charge in [-0.3, -0.25) is 0 Å². The third-order valence-electron chi connectivity index (χ3n) is 2.84. The molecule has 1 aliphatic heterocycles. The quantitative estimate of drug-likeness (QED) is 0.887. The lowest BCUT2D eigenvalue weighted by molar-refractivity contribution is 0.353. The van der Waals surface area contributed by atoms with Crippen LogP contribution in [0.5, 0.6) is 0 Å². The molecule has 5 heteroatoms. The summed E-state index contributed by atoms with van der Waals surface area (Å²) in [6.45, 7) is 2.40. The zero-order valence-electron chi connectivity index (χ0n) is 8.74. The molecule has 0 spiro atoms. The van der Waals surface area contributed by atoms with Crippen molar-refractivity contribution in [3.63, 3.8) is 0 Å². The van der Waals surface area contributed by atoms with Crippen LogP contribution in [-0.4, -0.2) is 23.1 Å². The second-order valence-electron chi connectivity index (χ2n) is 3.81. The first-order chi connectivity index (χ1) is 6.45. The topological polar surface area (TPSA) is 40.7 Å². The van der Waals surface area contributed by atoms with Crippen LogP contribution in [0.1, 0.15) is 25.0 Å². The lowest BCUT2D eigenvalue weighted by Crippen LogP contribution is -2.27. The Balaban J connectivity index is 0.000000980. The predicted octanol–water partition coefficient (Wildman–Crippen LogP) is 2.50. The molecule has 0 aliphatic carbocycles. The summed E-state index contributed by atoms with van der Waals surface area (Å²) in [5.74, 6) is 0.921. The molecule has 0 unspecified atom stereocenters. The van der Waals surface area contributed by atoms with Crippen LogP contribution >= 0.6 is 34.0 Å².